The molecule has 88 valence electrons. The smallest absolute Gasteiger partial charge is 0.103 e. The van der Waals surface area contributed by atoms with E-state index in [9.17, 15) is 5.11 Å². The van der Waals surface area contributed by atoms with Gasteiger partial charge in [0, 0.05) is 18.2 Å². The Balaban J connectivity index is 2.23. The Kier molecular flexibility index (Phi) is 3.26. The van der Waals surface area contributed by atoms with Crippen molar-refractivity contribution in [3.05, 3.63) is 29.6 Å². The van der Waals surface area contributed by atoms with Crippen LogP contribution in [0.2, 0.25) is 0 Å². The maximum atomic E-state index is 10.4. The Hall–Kier alpha value is -0.930. The summed E-state index contributed by atoms with van der Waals surface area (Å²) in [5.41, 5.74) is 7.59. The number of aliphatic hydroxyl groups excluding tert-OH is 1. The van der Waals surface area contributed by atoms with Crippen LogP contribution in [0.5, 0.6) is 0 Å². The SMILES string of the molecule is Cc1ccc(C(O)C2(CN)CCCC2)nc1. The summed E-state index contributed by atoms with van der Waals surface area (Å²) in [5, 5.41) is 10.4. The first-order valence-corrected chi connectivity index (χ1v) is 5.99. The fourth-order valence-electron chi connectivity index (χ4n) is 2.62. The average molecular weight is 220 g/mol. The summed E-state index contributed by atoms with van der Waals surface area (Å²) >= 11 is 0. The second kappa shape index (κ2) is 4.52. The molecule has 1 aliphatic rings. The lowest BCUT2D eigenvalue weighted by Crippen LogP contribution is -2.34. The van der Waals surface area contributed by atoms with E-state index in [1.165, 1.54) is 12.8 Å². The van der Waals surface area contributed by atoms with E-state index >= 15 is 0 Å². The van der Waals surface area contributed by atoms with Crippen LogP contribution >= 0.6 is 0 Å². The van der Waals surface area contributed by atoms with Gasteiger partial charge >= 0.3 is 0 Å². The molecule has 1 unspecified atom stereocenters. The van der Waals surface area contributed by atoms with E-state index in [0.717, 1.165) is 24.1 Å². The topological polar surface area (TPSA) is 59.1 Å². The summed E-state index contributed by atoms with van der Waals surface area (Å²) < 4.78 is 0. The third kappa shape index (κ3) is 1.97. The van der Waals surface area contributed by atoms with Gasteiger partial charge in [0.25, 0.3) is 0 Å². The molecule has 1 aliphatic carbocycles. The van der Waals surface area contributed by atoms with E-state index in [0.29, 0.717) is 6.54 Å². The van der Waals surface area contributed by atoms with Gasteiger partial charge in [0.1, 0.15) is 6.10 Å². The van der Waals surface area contributed by atoms with Gasteiger partial charge in [0.05, 0.1) is 5.69 Å². The van der Waals surface area contributed by atoms with Crippen LogP contribution in [0, 0.1) is 12.3 Å². The summed E-state index contributed by atoms with van der Waals surface area (Å²) in [6.45, 7) is 2.54. The van der Waals surface area contributed by atoms with Gasteiger partial charge in [-0.05, 0) is 31.4 Å². The number of hydrogen-bond acceptors (Lipinski definition) is 3. The minimum absolute atomic E-state index is 0.137. The summed E-state index contributed by atoms with van der Waals surface area (Å²) in [6.07, 6.45) is 5.65. The Morgan fingerprint density at radius 3 is 2.62 bits per heavy atom. The van der Waals surface area contributed by atoms with Crippen molar-refractivity contribution in [1.82, 2.24) is 4.98 Å². The van der Waals surface area contributed by atoms with E-state index in [4.69, 9.17) is 5.73 Å². The molecule has 0 aliphatic heterocycles. The minimum Gasteiger partial charge on any atom is -0.386 e. The first-order valence-electron chi connectivity index (χ1n) is 5.99. The molecule has 3 heteroatoms. The van der Waals surface area contributed by atoms with Crippen LogP contribution in [0.1, 0.15) is 43.0 Å². The molecule has 0 saturated heterocycles. The lowest BCUT2D eigenvalue weighted by atomic mass is 9.79. The van der Waals surface area contributed by atoms with Crippen LogP contribution in [-0.2, 0) is 0 Å². The molecule has 2 rings (SSSR count). The van der Waals surface area contributed by atoms with Crippen LogP contribution in [-0.4, -0.2) is 16.6 Å². The maximum Gasteiger partial charge on any atom is 0.103 e. The highest BCUT2D eigenvalue weighted by Crippen LogP contribution is 2.46. The molecule has 1 aromatic heterocycles. The van der Waals surface area contributed by atoms with Crippen molar-refractivity contribution >= 4 is 0 Å². The predicted molar refractivity (Wildman–Crippen MR) is 63.9 cm³/mol. The Bertz CT molecular complexity index is 341. The molecule has 1 atom stereocenters. The molecule has 3 nitrogen and oxygen atoms in total. The number of hydrogen-bond donors (Lipinski definition) is 2. The van der Waals surface area contributed by atoms with E-state index < -0.39 is 6.10 Å². The Morgan fingerprint density at radius 2 is 2.12 bits per heavy atom. The van der Waals surface area contributed by atoms with Crippen LogP contribution in [0.3, 0.4) is 0 Å². The van der Waals surface area contributed by atoms with Crippen LogP contribution in [0.15, 0.2) is 18.3 Å². The largest absolute Gasteiger partial charge is 0.386 e. The highest BCUT2D eigenvalue weighted by Gasteiger charge is 2.40. The van der Waals surface area contributed by atoms with E-state index in [-0.39, 0.29) is 5.41 Å². The third-order valence-corrected chi connectivity index (χ3v) is 3.80. The lowest BCUT2D eigenvalue weighted by Gasteiger charge is -2.32. The second-order valence-corrected chi connectivity index (χ2v) is 4.94. The van der Waals surface area contributed by atoms with Crippen molar-refractivity contribution < 1.29 is 5.11 Å². The lowest BCUT2D eigenvalue weighted by molar-refractivity contribution is 0.0300. The zero-order valence-electron chi connectivity index (χ0n) is 9.82. The quantitative estimate of drug-likeness (QED) is 0.818. The van der Waals surface area contributed by atoms with Gasteiger partial charge in [-0.1, -0.05) is 18.9 Å². The molecule has 16 heavy (non-hydrogen) atoms. The molecule has 1 aromatic rings. The zero-order valence-corrected chi connectivity index (χ0v) is 9.82. The van der Waals surface area contributed by atoms with Gasteiger partial charge in [0.15, 0.2) is 0 Å². The summed E-state index contributed by atoms with van der Waals surface area (Å²) in [5.74, 6) is 0. The Labute approximate surface area is 96.7 Å². The van der Waals surface area contributed by atoms with Crippen LogP contribution in [0.4, 0.5) is 0 Å². The molecule has 1 heterocycles. The van der Waals surface area contributed by atoms with Crippen molar-refractivity contribution in [3.8, 4) is 0 Å². The van der Waals surface area contributed by atoms with Gasteiger partial charge < -0.3 is 10.8 Å². The number of nitrogens with two attached hydrogens (primary N) is 1. The molecular formula is C13H20N2O. The summed E-state index contributed by atoms with van der Waals surface area (Å²) in [6, 6.07) is 3.90. The number of nitrogens with zero attached hydrogens (tertiary/aromatic N) is 1. The first kappa shape index (κ1) is 11.6. The van der Waals surface area contributed by atoms with E-state index in [1.807, 2.05) is 19.1 Å². The maximum absolute atomic E-state index is 10.4. The standard InChI is InChI=1S/C13H20N2O/c1-10-4-5-11(15-8-10)12(16)13(9-14)6-2-3-7-13/h4-5,8,12,16H,2-3,6-7,9,14H2,1H3. The second-order valence-electron chi connectivity index (χ2n) is 4.94. The molecule has 0 bridgehead atoms. The van der Waals surface area contributed by atoms with Gasteiger partial charge in [0.2, 0.25) is 0 Å². The van der Waals surface area contributed by atoms with Crippen LogP contribution < -0.4 is 5.73 Å². The van der Waals surface area contributed by atoms with Crippen molar-refractivity contribution in [2.24, 2.45) is 11.1 Å². The number of aryl methyl sites for hydroxylation is 1. The van der Waals surface area contributed by atoms with Crippen molar-refractivity contribution in [2.75, 3.05) is 6.54 Å². The van der Waals surface area contributed by atoms with Crippen molar-refractivity contribution in [3.63, 3.8) is 0 Å². The predicted octanol–water partition coefficient (Wildman–Crippen LogP) is 1.94. The van der Waals surface area contributed by atoms with Gasteiger partial charge in [-0.25, -0.2) is 0 Å². The monoisotopic (exact) mass is 220 g/mol. The molecule has 3 N–H and O–H groups in total. The molecular weight excluding hydrogens is 200 g/mol. The third-order valence-electron chi connectivity index (χ3n) is 3.80. The van der Waals surface area contributed by atoms with E-state index in [2.05, 4.69) is 4.98 Å². The highest BCUT2D eigenvalue weighted by atomic mass is 16.3. The Morgan fingerprint density at radius 1 is 1.44 bits per heavy atom. The van der Waals surface area contributed by atoms with Gasteiger partial charge in [-0.3, -0.25) is 4.98 Å². The molecule has 1 saturated carbocycles. The van der Waals surface area contributed by atoms with Gasteiger partial charge in [-0.15, -0.1) is 0 Å². The molecule has 0 aromatic carbocycles. The number of pyridine rings is 1. The highest BCUT2D eigenvalue weighted by molar-refractivity contribution is 5.16. The number of rotatable bonds is 3. The zero-order chi connectivity index (χ0) is 11.6. The van der Waals surface area contributed by atoms with Crippen molar-refractivity contribution in [1.29, 1.82) is 0 Å². The molecule has 0 spiro atoms. The fourth-order valence-corrected chi connectivity index (χ4v) is 2.62. The average Bonchev–Trinajstić information content (AvgIpc) is 2.79. The van der Waals surface area contributed by atoms with Gasteiger partial charge in [-0.2, -0.15) is 0 Å². The molecule has 0 amide bonds. The normalized spacial score (nSPS) is 20.9. The summed E-state index contributed by atoms with van der Waals surface area (Å²) in [4.78, 5) is 4.31. The molecule has 1 fully saturated rings. The fraction of sp³-hybridized carbons (Fsp3) is 0.615. The van der Waals surface area contributed by atoms with Crippen LogP contribution in [0.25, 0.3) is 0 Å². The minimum atomic E-state index is -0.513. The summed E-state index contributed by atoms with van der Waals surface area (Å²) in [7, 11) is 0. The first-order chi connectivity index (χ1) is 7.68. The number of aliphatic hydroxyl groups is 1. The van der Waals surface area contributed by atoms with E-state index in [1.54, 1.807) is 6.20 Å². The van der Waals surface area contributed by atoms with Crippen molar-refractivity contribution in [2.45, 2.75) is 38.7 Å². The number of aromatic nitrogens is 1. The molecule has 0 radical (unpaired) electrons.